The van der Waals surface area contributed by atoms with Gasteiger partial charge in [-0.05, 0) is 63.1 Å². The zero-order valence-electron chi connectivity index (χ0n) is 22.1. The number of rotatable bonds is 6. The van der Waals surface area contributed by atoms with Crippen LogP contribution in [0.25, 0.3) is 16.7 Å². The first-order valence-corrected chi connectivity index (χ1v) is 14.0. The van der Waals surface area contributed by atoms with Gasteiger partial charge in [0, 0.05) is 17.3 Å². The molecule has 1 unspecified atom stereocenters. The van der Waals surface area contributed by atoms with E-state index in [1.54, 1.807) is 54.9 Å². The van der Waals surface area contributed by atoms with E-state index in [4.69, 9.17) is 37.7 Å². The number of halogens is 2. The van der Waals surface area contributed by atoms with Crippen molar-refractivity contribution in [1.29, 1.82) is 0 Å². The largest absolute Gasteiger partial charge is 0.479 e. The molecule has 0 radical (unpaired) electrons. The van der Waals surface area contributed by atoms with Gasteiger partial charge in [-0.2, -0.15) is 4.99 Å². The van der Waals surface area contributed by atoms with Crippen molar-refractivity contribution in [2.75, 3.05) is 6.61 Å². The highest BCUT2D eigenvalue weighted by molar-refractivity contribution is 6.35. The van der Waals surface area contributed by atoms with Crippen LogP contribution in [0.2, 0.25) is 10.0 Å². The molecular formula is C29H28Cl2N4O5. The molecule has 40 heavy (non-hydrogen) atoms. The monoisotopic (exact) mass is 582 g/mol. The van der Waals surface area contributed by atoms with E-state index in [0.29, 0.717) is 16.3 Å². The molecule has 1 saturated carbocycles. The average Bonchev–Trinajstić information content (AvgIpc) is 2.95. The van der Waals surface area contributed by atoms with Gasteiger partial charge in [-0.3, -0.25) is 14.0 Å². The average molecular weight is 583 g/mol. The summed E-state index contributed by atoms with van der Waals surface area (Å²) in [7, 11) is 0. The van der Waals surface area contributed by atoms with E-state index >= 15 is 0 Å². The molecule has 3 aromatic heterocycles. The smallest absolute Gasteiger partial charge is 0.341 e. The number of carbonyl (C=O) groups excluding carboxylic acids is 2. The van der Waals surface area contributed by atoms with E-state index in [1.807, 2.05) is 0 Å². The molecule has 0 spiro atoms. The van der Waals surface area contributed by atoms with E-state index < -0.39 is 18.0 Å². The summed E-state index contributed by atoms with van der Waals surface area (Å²) >= 11 is 12.2. The number of esters is 1. The molecular weight excluding hydrogens is 555 g/mol. The number of pyridine rings is 2. The molecule has 0 bridgehead atoms. The van der Waals surface area contributed by atoms with Crippen LogP contribution >= 0.6 is 23.2 Å². The molecule has 1 aliphatic carbocycles. The normalized spacial score (nSPS) is 15.3. The number of hydrogen-bond acceptors (Lipinski definition) is 6. The lowest BCUT2D eigenvalue weighted by molar-refractivity contribution is -0.124. The first kappa shape index (κ1) is 27.9. The van der Waals surface area contributed by atoms with Gasteiger partial charge in [0.25, 0.3) is 11.5 Å². The Bertz CT molecular complexity index is 1740. The lowest BCUT2D eigenvalue weighted by atomic mass is 9.94. The van der Waals surface area contributed by atoms with Crippen LogP contribution in [-0.4, -0.2) is 38.5 Å². The van der Waals surface area contributed by atoms with Gasteiger partial charge in [0.15, 0.2) is 11.6 Å². The number of benzene rings is 1. The molecule has 5 rings (SSSR count). The van der Waals surface area contributed by atoms with E-state index in [9.17, 15) is 14.4 Å². The molecule has 208 valence electrons. The maximum atomic E-state index is 13.6. The molecule has 1 fully saturated rings. The molecule has 11 heteroatoms. The summed E-state index contributed by atoms with van der Waals surface area (Å²) in [5.41, 5.74) is 0.576. The quantitative estimate of drug-likeness (QED) is 0.218. The Morgan fingerprint density at radius 2 is 1.90 bits per heavy atom. The fourth-order valence-corrected chi connectivity index (χ4v) is 5.46. The second kappa shape index (κ2) is 11.8. The maximum Gasteiger partial charge on any atom is 0.341 e. The summed E-state index contributed by atoms with van der Waals surface area (Å²) in [5.74, 6) is -1.06. The minimum Gasteiger partial charge on any atom is -0.479 e. The molecule has 1 amide bonds. The number of carbonyl (C=O) groups is 2. The molecule has 0 N–H and O–H groups in total. The SMILES string of the molecule is CCOC(=O)c1cc2c(=O)n3ccccc3nc2n(C2CCCCC2)c1=NC(=O)C(C)Oc1ccc(Cl)cc1Cl. The lowest BCUT2D eigenvalue weighted by Crippen LogP contribution is -2.37. The number of aromatic nitrogens is 3. The van der Waals surface area contributed by atoms with Gasteiger partial charge in [-0.1, -0.05) is 48.5 Å². The predicted molar refractivity (Wildman–Crippen MR) is 152 cm³/mol. The van der Waals surface area contributed by atoms with Crippen molar-refractivity contribution in [3.63, 3.8) is 0 Å². The molecule has 0 saturated heterocycles. The third-order valence-electron chi connectivity index (χ3n) is 6.93. The van der Waals surface area contributed by atoms with Crippen LogP contribution in [0.5, 0.6) is 5.75 Å². The molecule has 9 nitrogen and oxygen atoms in total. The van der Waals surface area contributed by atoms with Crippen LogP contribution < -0.4 is 15.8 Å². The number of nitrogens with zero attached hydrogens (tertiary/aromatic N) is 4. The Morgan fingerprint density at radius 3 is 2.62 bits per heavy atom. The third kappa shape index (κ3) is 5.48. The summed E-state index contributed by atoms with van der Waals surface area (Å²) in [6.07, 6.45) is 5.13. The maximum absolute atomic E-state index is 13.6. The molecule has 1 atom stereocenters. The summed E-state index contributed by atoms with van der Waals surface area (Å²) in [4.78, 5) is 49.5. The number of amides is 1. The Morgan fingerprint density at radius 1 is 1.12 bits per heavy atom. The highest BCUT2D eigenvalue weighted by Crippen LogP contribution is 2.30. The van der Waals surface area contributed by atoms with Gasteiger partial charge in [0.2, 0.25) is 0 Å². The first-order valence-electron chi connectivity index (χ1n) is 13.2. The summed E-state index contributed by atoms with van der Waals surface area (Å²) in [6, 6.07) is 11.2. The van der Waals surface area contributed by atoms with E-state index in [-0.39, 0.29) is 45.4 Å². The van der Waals surface area contributed by atoms with Gasteiger partial charge < -0.3 is 14.0 Å². The Labute approximate surface area is 240 Å². The van der Waals surface area contributed by atoms with Gasteiger partial charge in [-0.15, -0.1) is 0 Å². The minimum absolute atomic E-state index is 0.0137. The fourth-order valence-electron chi connectivity index (χ4n) is 5.01. The molecule has 0 aliphatic heterocycles. The third-order valence-corrected chi connectivity index (χ3v) is 7.46. The van der Waals surface area contributed by atoms with Crippen molar-refractivity contribution in [1.82, 2.24) is 14.0 Å². The van der Waals surface area contributed by atoms with Gasteiger partial charge in [0.05, 0.1) is 17.0 Å². The van der Waals surface area contributed by atoms with Gasteiger partial charge in [-0.25, -0.2) is 9.78 Å². The summed E-state index contributed by atoms with van der Waals surface area (Å²) < 4.78 is 14.3. The molecule has 4 aromatic rings. The fraction of sp³-hybridized carbons (Fsp3) is 0.345. The van der Waals surface area contributed by atoms with Crippen molar-refractivity contribution < 1.29 is 19.1 Å². The highest BCUT2D eigenvalue weighted by Gasteiger charge is 2.26. The number of hydrogen-bond donors (Lipinski definition) is 0. The Hall–Kier alpha value is -3.69. The minimum atomic E-state index is -1.04. The molecule has 1 aromatic carbocycles. The summed E-state index contributed by atoms with van der Waals surface area (Å²) in [5, 5.41) is 0.917. The second-order valence-electron chi connectivity index (χ2n) is 9.63. The lowest BCUT2D eigenvalue weighted by Gasteiger charge is -2.27. The van der Waals surface area contributed by atoms with Crippen LogP contribution in [0, 0.1) is 0 Å². The standard InChI is InChI=1S/C29H28Cl2N4O5/c1-3-39-29(38)21-16-20-25(32-24-11-7-8-14-34(24)28(20)37)35(19-9-5-4-6-10-19)26(21)33-27(36)17(2)40-23-13-12-18(30)15-22(23)31/h7-8,11-17,19H,3-6,9-10H2,1-2H3. The van der Waals surface area contributed by atoms with Crippen LogP contribution in [-0.2, 0) is 9.53 Å². The predicted octanol–water partition coefficient (Wildman–Crippen LogP) is 5.53. The van der Waals surface area contributed by atoms with Crippen molar-refractivity contribution in [2.24, 2.45) is 4.99 Å². The second-order valence-corrected chi connectivity index (χ2v) is 10.5. The van der Waals surface area contributed by atoms with Crippen LogP contribution in [0.1, 0.15) is 62.4 Å². The zero-order chi connectivity index (χ0) is 28.4. The first-order chi connectivity index (χ1) is 19.3. The number of fused-ring (bicyclic) bond motifs is 2. The van der Waals surface area contributed by atoms with Crippen molar-refractivity contribution in [3.05, 3.63) is 80.1 Å². The zero-order valence-corrected chi connectivity index (χ0v) is 23.6. The highest BCUT2D eigenvalue weighted by atomic mass is 35.5. The van der Waals surface area contributed by atoms with Gasteiger partial charge in [0.1, 0.15) is 22.6 Å². The van der Waals surface area contributed by atoms with Crippen molar-refractivity contribution in [3.8, 4) is 5.75 Å². The van der Waals surface area contributed by atoms with E-state index in [2.05, 4.69) is 4.99 Å². The van der Waals surface area contributed by atoms with E-state index in [1.165, 1.54) is 16.5 Å². The van der Waals surface area contributed by atoms with Crippen LogP contribution in [0.4, 0.5) is 0 Å². The van der Waals surface area contributed by atoms with E-state index in [0.717, 1.165) is 32.1 Å². The molecule has 1 aliphatic rings. The van der Waals surface area contributed by atoms with Gasteiger partial charge >= 0.3 is 5.97 Å². The Balaban J connectivity index is 1.75. The van der Waals surface area contributed by atoms with Crippen LogP contribution in [0.15, 0.2) is 58.4 Å². The summed E-state index contributed by atoms with van der Waals surface area (Å²) in [6.45, 7) is 3.34. The Kier molecular flexibility index (Phi) is 8.23. The molecule has 3 heterocycles. The number of ether oxygens (including phenoxy) is 2. The van der Waals surface area contributed by atoms with Crippen molar-refractivity contribution in [2.45, 2.75) is 58.1 Å². The van der Waals surface area contributed by atoms with Crippen molar-refractivity contribution >= 4 is 51.8 Å². The van der Waals surface area contributed by atoms with Crippen LogP contribution in [0.3, 0.4) is 0 Å². The topological polar surface area (TPSA) is 104 Å².